The first-order valence-corrected chi connectivity index (χ1v) is 29.7. The number of nitrogen functional groups attached to an aromatic ring is 3. The average Bonchev–Trinajstić information content (AvgIpc) is 4.10. The number of aliphatic hydroxyl groups is 2. The van der Waals surface area contributed by atoms with E-state index < -0.39 is 149 Å². The van der Waals surface area contributed by atoms with Crippen molar-refractivity contribution >= 4 is 73.6 Å². The molecule has 8 rings (SSSR count). The third-order valence-corrected chi connectivity index (χ3v) is 16.6. The number of hydrogen-bond donors (Lipinski definition) is 6. The van der Waals surface area contributed by atoms with Crippen LogP contribution in [0.5, 0.6) is 0 Å². The lowest BCUT2D eigenvalue weighted by atomic mass is 10.2. The van der Waals surface area contributed by atoms with E-state index in [4.69, 9.17) is 99.2 Å². The van der Waals surface area contributed by atoms with Crippen molar-refractivity contribution in [2.75, 3.05) is 43.6 Å². The first-order chi connectivity index (χ1) is 34.9. The van der Waals surface area contributed by atoms with E-state index in [1.165, 1.54) is 49.9 Å². The summed E-state index contributed by atoms with van der Waals surface area (Å²) >= 11 is 15.7. The number of aryl methyl sites for hydroxylation is 1. The maximum absolute atomic E-state index is 14.1. The molecule has 406 valence electrons. The Morgan fingerprint density at radius 3 is 1.53 bits per heavy atom. The lowest BCUT2D eigenvalue weighted by Crippen LogP contribution is -2.34. The molecular weight excluding hydrogens is 1110 g/mol. The van der Waals surface area contributed by atoms with E-state index in [1.807, 2.05) is 0 Å². The molecule has 0 spiro atoms. The Balaban J connectivity index is 0.949. The molecular formula is C37H47N11O20P3S3-3. The van der Waals surface area contributed by atoms with Crippen LogP contribution in [-0.2, 0) is 86.5 Å². The van der Waals surface area contributed by atoms with Crippen LogP contribution in [0.1, 0.15) is 56.2 Å². The number of aromatic amines is 1. The summed E-state index contributed by atoms with van der Waals surface area (Å²) in [5.41, 5.74) is 13.0. The SMILES string of the molecule is Cc1cn(C2CC(OP(=O)([S-])OCC3OC(n4ccc(N)nc4=O)CC3O)C(COP([O-])(=S)OC3CC(n4ccc(N)nc4=O)OC3COP([O-])(=S)OC3CC(n4ccc(N)nc4=O)OC3CO)O2)c(=O)[nH]c1=O. The Bertz CT molecular complexity index is 3170. The first kappa shape index (κ1) is 56.2. The Kier molecular flexibility index (Phi) is 17.4. The van der Waals surface area contributed by atoms with E-state index in [-0.39, 0.29) is 48.7 Å². The van der Waals surface area contributed by atoms with Crippen molar-refractivity contribution in [3.63, 3.8) is 0 Å². The third kappa shape index (κ3) is 13.6. The quantitative estimate of drug-likeness (QED) is 0.0377. The van der Waals surface area contributed by atoms with Gasteiger partial charge in [0.25, 0.3) is 5.56 Å². The van der Waals surface area contributed by atoms with Crippen LogP contribution in [0, 0.1) is 6.92 Å². The number of nitrogens with one attached hydrogen (secondary N) is 1. The normalized spacial score (nSPS) is 30.5. The van der Waals surface area contributed by atoms with Crippen LogP contribution in [0.3, 0.4) is 0 Å². The molecule has 4 aromatic rings. The Labute approximate surface area is 431 Å². The Morgan fingerprint density at radius 2 is 1.07 bits per heavy atom. The van der Waals surface area contributed by atoms with Gasteiger partial charge in [0.05, 0.1) is 50.8 Å². The zero-order valence-corrected chi connectivity index (χ0v) is 43.4. The zero-order chi connectivity index (χ0) is 53.4. The van der Waals surface area contributed by atoms with Crippen LogP contribution >= 0.6 is 20.2 Å². The van der Waals surface area contributed by atoms with Gasteiger partial charge in [0.15, 0.2) is 6.80 Å². The molecule has 4 aliphatic rings. The fourth-order valence-corrected chi connectivity index (χ4v) is 12.6. The Morgan fingerprint density at radius 1 is 0.676 bits per heavy atom. The van der Waals surface area contributed by atoms with Crippen LogP contribution in [-0.4, -0.2) is 124 Å². The number of ether oxygens (including phenoxy) is 4. The minimum atomic E-state index is -4.72. The van der Waals surface area contributed by atoms with Gasteiger partial charge in [-0.1, -0.05) is 23.6 Å². The van der Waals surface area contributed by atoms with Crippen LogP contribution in [0.4, 0.5) is 17.5 Å². The number of nitrogens with zero attached hydrogens (tertiary/aromatic N) is 7. The molecule has 4 aliphatic heterocycles. The minimum absolute atomic E-state index is 0.0339. The summed E-state index contributed by atoms with van der Waals surface area (Å²) in [6, 6.07) is 4.00. The van der Waals surface area contributed by atoms with Crippen LogP contribution in [0.15, 0.2) is 67.0 Å². The van der Waals surface area contributed by atoms with E-state index in [9.17, 15) is 48.5 Å². The highest BCUT2D eigenvalue weighted by Gasteiger charge is 2.44. The maximum atomic E-state index is 14.1. The second kappa shape index (κ2) is 22.9. The molecule has 0 radical (unpaired) electrons. The summed E-state index contributed by atoms with van der Waals surface area (Å²) in [5.74, 6) is -0.189. The molecule has 0 saturated carbocycles. The topological polar surface area (TPSA) is 434 Å². The van der Waals surface area contributed by atoms with Gasteiger partial charge in [0.2, 0.25) is 0 Å². The lowest BCUT2D eigenvalue weighted by molar-refractivity contribution is -0.219. The number of rotatable bonds is 20. The highest BCUT2D eigenvalue weighted by Crippen LogP contribution is 2.52. The third-order valence-electron chi connectivity index (χ3n) is 11.9. The van der Waals surface area contributed by atoms with Crippen molar-refractivity contribution in [2.24, 2.45) is 0 Å². The molecule has 9 N–H and O–H groups in total. The van der Waals surface area contributed by atoms with Gasteiger partial charge in [-0.3, -0.25) is 32.6 Å². The van der Waals surface area contributed by atoms with Gasteiger partial charge in [-0.05, 0) is 25.1 Å². The first-order valence-electron chi connectivity index (χ1n) is 22.0. The molecule has 15 unspecified atom stereocenters. The van der Waals surface area contributed by atoms with Gasteiger partial charge >= 0.3 is 22.8 Å². The van der Waals surface area contributed by atoms with Crippen molar-refractivity contribution < 1.29 is 70.7 Å². The predicted octanol–water partition coefficient (Wildman–Crippen LogP) is -3.10. The van der Waals surface area contributed by atoms with Crippen molar-refractivity contribution in [1.82, 2.24) is 38.2 Å². The van der Waals surface area contributed by atoms with E-state index in [0.29, 0.717) is 0 Å². The molecule has 15 atom stereocenters. The summed E-state index contributed by atoms with van der Waals surface area (Å²) < 4.78 is 75.4. The predicted molar refractivity (Wildman–Crippen MR) is 258 cm³/mol. The fourth-order valence-electron chi connectivity index (χ4n) is 8.26. The standard InChI is InChI=1S/C37H50N11O20P3S3/c1-17-12-48(37(55)44-33(17)51)32-11-21(68-69(56,72)59-14-23-18(50)8-29(63-23)45-5-2-26(38)41-34(45)52)25(65-32)16-61-71(58,74)67-20-10-31(47-7-4-28(40)43-36(47)54)64-24(20)15-60-70(57,73)66-19-9-30(62-22(19)13-49)46-6-3-27(39)42-35(46)53/h2-7,12,18-25,29-32,49-50H,8-11,13-16H2,1H3,(H,56,72)(H,57,73)(H,58,74)(H2,38,41,52)(H2,39,42,53)(H2,40,43,54)(H,44,51,55)/p-3. The maximum Gasteiger partial charge on any atom is 0.351 e. The lowest BCUT2D eigenvalue weighted by Gasteiger charge is -2.35. The zero-order valence-electron chi connectivity index (χ0n) is 38.3. The molecule has 4 fully saturated rings. The number of aromatic nitrogens is 8. The van der Waals surface area contributed by atoms with Crippen molar-refractivity contribution in [3.05, 3.63) is 101 Å². The molecule has 37 heteroatoms. The van der Waals surface area contributed by atoms with Gasteiger partial charge in [-0.15, -0.1) is 0 Å². The van der Waals surface area contributed by atoms with Crippen molar-refractivity contribution in [1.29, 1.82) is 0 Å². The number of hydrogen-bond acceptors (Lipinski definition) is 29. The number of anilines is 3. The van der Waals surface area contributed by atoms with Gasteiger partial charge in [-0.25, -0.2) is 19.2 Å². The molecule has 4 saturated heterocycles. The molecule has 0 bridgehead atoms. The van der Waals surface area contributed by atoms with Gasteiger partial charge < -0.3 is 95.5 Å². The summed E-state index contributed by atoms with van der Waals surface area (Å²) in [6.07, 6.45) is -10.4. The van der Waals surface area contributed by atoms with Gasteiger partial charge in [-0.2, -0.15) is 15.0 Å². The largest absolute Gasteiger partial charge is 0.780 e. The van der Waals surface area contributed by atoms with E-state index in [1.54, 1.807) is 0 Å². The fraction of sp³-hybridized carbons (Fsp3) is 0.568. The van der Waals surface area contributed by atoms with Gasteiger partial charge in [0, 0.05) is 56.0 Å². The average molecular weight is 1150 g/mol. The molecule has 4 aromatic heterocycles. The van der Waals surface area contributed by atoms with Crippen LogP contribution in [0.2, 0.25) is 0 Å². The van der Waals surface area contributed by atoms with Crippen molar-refractivity contribution in [2.45, 2.75) is 106 Å². The van der Waals surface area contributed by atoms with Crippen LogP contribution < -0.4 is 55.3 Å². The molecule has 0 amide bonds. The van der Waals surface area contributed by atoms with E-state index in [0.717, 1.165) is 18.3 Å². The Hall–Kier alpha value is -3.96. The smallest absolute Gasteiger partial charge is 0.351 e. The summed E-state index contributed by atoms with van der Waals surface area (Å²) in [4.78, 5) is 104. The number of H-pyrrole nitrogens is 1. The highest BCUT2D eigenvalue weighted by molar-refractivity contribution is 8.32. The van der Waals surface area contributed by atoms with E-state index >= 15 is 0 Å². The summed E-state index contributed by atoms with van der Waals surface area (Å²) in [7, 11) is 0. The van der Waals surface area contributed by atoms with Crippen LogP contribution in [0.25, 0.3) is 0 Å². The summed E-state index contributed by atoms with van der Waals surface area (Å²) in [6.45, 7) is -15.1. The number of nitrogens with two attached hydrogens (primary N) is 3. The molecule has 0 aliphatic carbocycles. The van der Waals surface area contributed by atoms with E-state index in [2.05, 4.69) is 19.9 Å². The molecule has 8 heterocycles. The minimum Gasteiger partial charge on any atom is -0.780 e. The second-order valence-electron chi connectivity index (χ2n) is 17.0. The monoisotopic (exact) mass is 1150 g/mol. The van der Waals surface area contributed by atoms with Gasteiger partial charge in [0.1, 0.15) is 80.2 Å². The molecule has 31 nitrogen and oxygen atoms in total. The van der Waals surface area contributed by atoms with Crippen molar-refractivity contribution in [3.8, 4) is 0 Å². The molecule has 0 aromatic carbocycles. The second-order valence-corrected chi connectivity index (χ2v) is 25.1. The number of aliphatic hydroxyl groups excluding tert-OH is 2. The highest BCUT2D eigenvalue weighted by atomic mass is 32.7. The molecule has 74 heavy (non-hydrogen) atoms. The summed E-state index contributed by atoms with van der Waals surface area (Å²) in [5, 5.41) is 20.7.